The smallest absolute Gasteiger partial charge is 0.336 e. The van der Waals surface area contributed by atoms with Crippen LogP contribution < -0.4 is 4.90 Å². The highest BCUT2D eigenvalue weighted by Crippen LogP contribution is 2.24. The number of aromatic nitrogens is 1. The molecule has 18 heavy (non-hydrogen) atoms. The summed E-state index contributed by atoms with van der Waals surface area (Å²) in [5, 5.41) is 10.9. The first-order valence-corrected chi connectivity index (χ1v) is 6.92. The van der Waals surface area contributed by atoms with Gasteiger partial charge in [0, 0.05) is 22.6 Å². The molecule has 0 radical (unpaired) electrons. The Labute approximate surface area is 117 Å². The Morgan fingerprint density at radius 2 is 2.33 bits per heavy atom. The normalized spacial score (nSPS) is 10.3. The minimum Gasteiger partial charge on any atom is -0.478 e. The molecular weight excluding hydrogens is 316 g/mol. The Balaban J connectivity index is 2.18. The molecule has 0 unspecified atom stereocenters. The molecule has 0 aliphatic heterocycles. The second-order valence-corrected chi connectivity index (χ2v) is 5.38. The number of carboxylic acids is 1. The first-order valence-electron chi connectivity index (χ1n) is 5.19. The number of hydrogen-bond donors (Lipinski definition) is 1. The summed E-state index contributed by atoms with van der Waals surface area (Å²) < 4.78 is 0.581. The van der Waals surface area contributed by atoms with Crippen LogP contribution in [0, 0.1) is 0 Å². The summed E-state index contributed by atoms with van der Waals surface area (Å²) in [5.41, 5.74) is 4.01. The van der Waals surface area contributed by atoms with Crippen LogP contribution in [0.15, 0.2) is 33.6 Å². The largest absolute Gasteiger partial charge is 0.478 e. The van der Waals surface area contributed by atoms with Crippen LogP contribution in [0.2, 0.25) is 0 Å². The van der Waals surface area contributed by atoms with E-state index >= 15 is 0 Å². The van der Waals surface area contributed by atoms with Crippen LogP contribution in [0.25, 0.3) is 0 Å². The zero-order chi connectivity index (χ0) is 13.1. The van der Waals surface area contributed by atoms with Gasteiger partial charge in [-0.3, -0.25) is 0 Å². The maximum Gasteiger partial charge on any atom is 0.336 e. The summed E-state index contributed by atoms with van der Waals surface area (Å²) >= 11 is 4.83. The molecule has 1 aromatic carbocycles. The molecule has 4 nitrogen and oxygen atoms in total. The fourth-order valence-electron chi connectivity index (χ4n) is 1.56. The molecular formula is C12H11BrN2O2S. The third kappa shape index (κ3) is 2.88. The fraction of sp³-hybridized carbons (Fsp3) is 0.167. The van der Waals surface area contributed by atoms with E-state index in [4.69, 9.17) is 5.11 Å². The summed E-state index contributed by atoms with van der Waals surface area (Å²) in [6.07, 6.45) is 0. The van der Waals surface area contributed by atoms with Crippen LogP contribution in [0.4, 0.5) is 5.69 Å². The molecule has 0 aliphatic carbocycles. The highest BCUT2D eigenvalue weighted by Gasteiger charge is 2.10. The predicted octanol–water partition coefficient (Wildman–Crippen LogP) is 3.24. The van der Waals surface area contributed by atoms with Crippen molar-refractivity contribution in [2.75, 3.05) is 11.9 Å². The van der Waals surface area contributed by atoms with Crippen LogP contribution in [0.5, 0.6) is 0 Å². The zero-order valence-corrected chi connectivity index (χ0v) is 12.0. The van der Waals surface area contributed by atoms with E-state index in [1.807, 2.05) is 17.3 Å². The molecule has 6 heteroatoms. The second-order valence-electron chi connectivity index (χ2n) is 3.81. The molecule has 1 heterocycles. The van der Waals surface area contributed by atoms with Gasteiger partial charge in [-0.25, -0.2) is 9.78 Å². The Hall–Kier alpha value is -1.40. The number of nitrogens with zero attached hydrogens (tertiary/aromatic N) is 2. The minimum absolute atomic E-state index is 0.265. The third-order valence-corrected chi connectivity index (χ3v) is 3.80. The number of rotatable bonds is 4. The number of carbonyl (C=O) groups is 1. The van der Waals surface area contributed by atoms with Crippen molar-refractivity contribution >= 4 is 38.9 Å². The highest BCUT2D eigenvalue weighted by molar-refractivity contribution is 9.10. The van der Waals surface area contributed by atoms with Crippen molar-refractivity contribution in [3.63, 3.8) is 0 Å². The van der Waals surface area contributed by atoms with Gasteiger partial charge in [0.2, 0.25) is 0 Å². The standard InChI is InChI=1S/C12H11BrN2O2S/c1-15(5-8-6-18-7-14-8)9-2-3-10(12(16)17)11(13)4-9/h2-4,6-7H,5H2,1H3,(H,16,17). The van der Waals surface area contributed by atoms with Crippen molar-refractivity contribution in [2.24, 2.45) is 0 Å². The summed E-state index contributed by atoms with van der Waals surface area (Å²) in [6, 6.07) is 5.19. The van der Waals surface area contributed by atoms with Crippen molar-refractivity contribution < 1.29 is 9.90 Å². The topological polar surface area (TPSA) is 53.4 Å². The fourth-order valence-corrected chi connectivity index (χ4v) is 2.65. The van der Waals surface area contributed by atoms with Gasteiger partial charge < -0.3 is 10.0 Å². The Bertz CT molecular complexity index is 557. The number of aromatic carboxylic acids is 1. The predicted molar refractivity (Wildman–Crippen MR) is 75.3 cm³/mol. The van der Waals surface area contributed by atoms with Crippen molar-refractivity contribution in [3.8, 4) is 0 Å². The lowest BCUT2D eigenvalue weighted by Gasteiger charge is -2.18. The maximum absolute atomic E-state index is 10.9. The molecule has 0 spiro atoms. The zero-order valence-electron chi connectivity index (χ0n) is 9.63. The van der Waals surface area contributed by atoms with Gasteiger partial charge >= 0.3 is 5.97 Å². The Morgan fingerprint density at radius 1 is 1.56 bits per heavy atom. The number of carboxylic acid groups (broad SMARTS) is 1. The Kier molecular flexibility index (Phi) is 3.98. The summed E-state index contributed by atoms with van der Waals surface area (Å²) in [7, 11) is 1.95. The lowest BCUT2D eigenvalue weighted by atomic mass is 10.2. The quantitative estimate of drug-likeness (QED) is 0.937. The number of hydrogen-bond acceptors (Lipinski definition) is 4. The molecule has 0 amide bonds. The van der Waals surface area contributed by atoms with E-state index in [1.165, 1.54) is 0 Å². The van der Waals surface area contributed by atoms with E-state index in [1.54, 1.807) is 35.0 Å². The van der Waals surface area contributed by atoms with E-state index in [0.717, 1.165) is 11.4 Å². The number of anilines is 1. The van der Waals surface area contributed by atoms with Crippen molar-refractivity contribution in [3.05, 3.63) is 44.8 Å². The molecule has 0 saturated heterocycles. The molecule has 94 valence electrons. The minimum atomic E-state index is -0.935. The molecule has 0 fully saturated rings. The van der Waals surface area contributed by atoms with Crippen LogP contribution in [0.3, 0.4) is 0 Å². The van der Waals surface area contributed by atoms with Gasteiger partial charge in [-0.2, -0.15) is 0 Å². The van der Waals surface area contributed by atoms with Crippen LogP contribution >= 0.6 is 27.3 Å². The van der Waals surface area contributed by atoms with E-state index in [0.29, 0.717) is 11.0 Å². The van der Waals surface area contributed by atoms with Crippen LogP contribution in [-0.4, -0.2) is 23.1 Å². The van der Waals surface area contributed by atoms with Crippen LogP contribution in [0.1, 0.15) is 16.1 Å². The van der Waals surface area contributed by atoms with Gasteiger partial charge in [0.15, 0.2) is 0 Å². The maximum atomic E-state index is 10.9. The van der Waals surface area contributed by atoms with Gasteiger partial charge in [-0.05, 0) is 34.1 Å². The first kappa shape index (κ1) is 13.0. The van der Waals surface area contributed by atoms with Crippen molar-refractivity contribution in [2.45, 2.75) is 6.54 Å². The highest BCUT2D eigenvalue weighted by atomic mass is 79.9. The van der Waals surface area contributed by atoms with Gasteiger partial charge in [0.05, 0.1) is 23.3 Å². The van der Waals surface area contributed by atoms with E-state index < -0.39 is 5.97 Å². The molecule has 2 rings (SSSR count). The monoisotopic (exact) mass is 326 g/mol. The lowest BCUT2D eigenvalue weighted by molar-refractivity contribution is 0.0696. The molecule has 1 aromatic heterocycles. The van der Waals surface area contributed by atoms with Gasteiger partial charge in [0.25, 0.3) is 0 Å². The number of benzene rings is 1. The first-order chi connectivity index (χ1) is 8.58. The van der Waals surface area contributed by atoms with Gasteiger partial charge in [-0.1, -0.05) is 0 Å². The lowest BCUT2D eigenvalue weighted by Crippen LogP contribution is -2.16. The summed E-state index contributed by atoms with van der Waals surface area (Å²) in [5.74, 6) is -0.935. The summed E-state index contributed by atoms with van der Waals surface area (Å²) in [4.78, 5) is 17.1. The van der Waals surface area contributed by atoms with Crippen molar-refractivity contribution in [1.82, 2.24) is 4.98 Å². The summed E-state index contributed by atoms with van der Waals surface area (Å²) in [6.45, 7) is 0.697. The van der Waals surface area contributed by atoms with Gasteiger partial charge in [-0.15, -0.1) is 11.3 Å². The molecule has 0 atom stereocenters. The van der Waals surface area contributed by atoms with Gasteiger partial charge in [0.1, 0.15) is 0 Å². The molecule has 0 aliphatic rings. The van der Waals surface area contributed by atoms with E-state index in [-0.39, 0.29) is 5.56 Å². The molecule has 2 aromatic rings. The molecule has 1 N–H and O–H groups in total. The average molecular weight is 327 g/mol. The number of thiazole rings is 1. The number of halogens is 1. The molecule has 0 bridgehead atoms. The van der Waals surface area contributed by atoms with Crippen LogP contribution in [-0.2, 0) is 6.54 Å². The molecule has 0 saturated carbocycles. The Morgan fingerprint density at radius 3 is 2.89 bits per heavy atom. The van der Waals surface area contributed by atoms with E-state index in [2.05, 4.69) is 20.9 Å². The average Bonchev–Trinajstić information content (AvgIpc) is 2.81. The second kappa shape index (κ2) is 5.49. The van der Waals surface area contributed by atoms with Crippen molar-refractivity contribution in [1.29, 1.82) is 0 Å². The SMILES string of the molecule is CN(Cc1cscn1)c1ccc(C(=O)O)c(Br)c1. The van der Waals surface area contributed by atoms with E-state index in [9.17, 15) is 4.79 Å². The third-order valence-electron chi connectivity index (χ3n) is 2.51.